The van der Waals surface area contributed by atoms with Gasteiger partial charge in [0.2, 0.25) is 0 Å². The first-order chi connectivity index (χ1) is 9.19. The molecule has 0 aromatic carbocycles. The zero-order valence-electron chi connectivity index (χ0n) is 11.1. The van der Waals surface area contributed by atoms with E-state index in [9.17, 15) is 9.90 Å². The molecule has 0 radical (unpaired) electrons. The summed E-state index contributed by atoms with van der Waals surface area (Å²) in [4.78, 5) is 11.8. The maximum absolute atomic E-state index is 11.8. The van der Waals surface area contributed by atoms with Gasteiger partial charge in [-0.3, -0.25) is 4.79 Å². The van der Waals surface area contributed by atoms with Gasteiger partial charge in [-0.05, 0) is 31.6 Å². The molecule has 2 rings (SSSR count). The number of nitrogens with zero attached hydrogens (tertiary/aromatic N) is 1. The number of carbonyl (C=O) groups is 1. The van der Waals surface area contributed by atoms with Crippen LogP contribution in [0.15, 0.2) is 10.6 Å². The van der Waals surface area contributed by atoms with Gasteiger partial charge in [0, 0.05) is 19.7 Å². The van der Waals surface area contributed by atoms with Crippen molar-refractivity contribution in [2.75, 3.05) is 13.7 Å². The molecule has 1 amide bonds. The van der Waals surface area contributed by atoms with E-state index < -0.39 is 0 Å². The summed E-state index contributed by atoms with van der Waals surface area (Å²) in [5.74, 6) is 0.753. The van der Waals surface area contributed by atoms with Gasteiger partial charge in [-0.2, -0.15) is 0 Å². The molecule has 0 spiro atoms. The lowest BCUT2D eigenvalue weighted by molar-refractivity contribution is 0.0902. The Morgan fingerprint density at radius 2 is 2.26 bits per heavy atom. The number of methoxy groups -OCH3 is 1. The summed E-state index contributed by atoms with van der Waals surface area (Å²) in [6, 6.07) is 1.59. The average Bonchev–Trinajstić information content (AvgIpc) is 2.87. The minimum Gasteiger partial charge on any atom is -0.393 e. The first-order valence-corrected chi connectivity index (χ1v) is 6.60. The van der Waals surface area contributed by atoms with Crippen molar-refractivity contribution in [3.8, 4) is 0 Å². The second-order valence-corrected chi connectivity index (χ2v) is 5.00. The molecule has 1 heterocycles. The highest BCUT2D eigenvalue weighted by Crippen LogP contribution is 2.23. The molecule has 1 fully saturated rings. The Labute approximate surface area is 112 Å². The Hall–Kier alpha value is -1.40. The molecule has 0 unspecified atom stereocenters. The van der Waals surface area contributed by atoms with E-state index in [0.29, 0.717) is 24.8 Å². The second-order valence-electron chi connectivity index (χ2n) is 5.00. The molecule has 0 aliphatic heterocycles. The Kier molecular flexibility index (Phi) is 4.93. The van der Waals surface area contributed by atoms with Crippen LogP contribution in [0.3, 0.4) is 0 Å². The van der Waals surface area contributed by atoms with E-state index in [1.54, 1.807) is 13.2 Å². The van der Waals surface area contributed by atoms with Gasteiger partial charge >= 0.3 is 0 Å². The SMILES string of the molecule is COCc1cc(C(=O)NCC2CCC(O)CC2)no1. The van der Waals surface area contributed by atoms with E-state index >= 15 is 0 Å². The Morgan fingerprint density at radius 1 is 1.53 bits per heavy atom. The predicted molar refractivity (Wildman–Crippen MR) is 67.5 cm³/mol. The summed E-state index contributed by atoms with van der Waals surface area (Å²) in [7, 11) is 1.56. The van der Waals surface area contributed by atoms with Crippen LogP contribution in [0.5, 0.6) is 0 Å². The number of nitrogens with one attached hydrogen (secondary N) is 1. The predicted octanol–water partition coefficient (Wildman–Crippen LogP) is 1.10. The summed E-state index contributed by atoms with van der Waals surface area (Å²) in [5.41, 5.74) is 0.280. The minimum absolute atomic E-state index is 0.168. The summed E-state index contributed by atoms with van der Waals surface area (Å²) < 4.78 is 9.86. The third kappa shape index (κ3) is 4.04. The fraction of sp³-hybridized carbons (Fsp3) is 0.692. The van der Waals surface area contributed by atoms with Crippen LogP contribution in [0.2, 0.25) is 0 Å². The molecule has 1 aliphatic carbocycles. The normalized spacial score (nSPS) is 23.3. The smallest absolute Gasteiger partial charge is 0.273 e. The van der Waals surface area contributed by atoms with E-state index in [1.165, 1.54) is 0 Å². The summed E-state index contributed by atoms with van der Waals surface area (Å²) >= 11 is 0. The quantitative estimate of drug-likeness (QED) is 0.835. The number of amides is 1. The van der Waals surface area contributed by atoms with Crippen molar-refractivity contribution in [1.82, 2.24) is 10.5 Å². The number of hydrogen-bond donors (Lipinski definition) is 2. The van der Waals surface area contributed by atoms with Crippen molar-refractivity contribution in [3.63, 3.8) is 0 Å². The lowest BCUT2D eigenvalue weighted by Crippen LogP contribution is -2.32. The third-order valence-corrected chi connectivity index (χ3v) is 3.45. The number of aromatic nitrogens is 1. The highest BCUT2D eigenvalue weighted by molar-refractivity contribution is 5.92. The van der Waals surface area contributed by atoms with Gasteiger partial charge in [0.05, 0.1) is 6.10 Å². The lowest BCUT2D eigenvalue weighted by Gasteiger charge is -2.25. The van der Waals surface area contributed by atoms with Gasteiger partial charge in [-0.15, -0.1) is 0 Å². The second kappa shape index (κ2) is 6.68. The Morgan fingerprint density at radius 3 is 2.95 bits per heavy atom. The molecule has 1 aromatic heterocycles. The molecular formula is C13H20N2O4. The van der Waals surface area contributed by atoms with Crippen molar-refractivity contribution >= 4 is 5.91 Å². The van der Waals surface area contributed by atoms with E-state index in [4.69, 9.17) is 9.26 Å². The molecule has 19 heavy (non-hydrogen) atoms. The zero-order valence-corrected chi connectivity index (χ0v) is 11.1. The monoisotopic (exact) mass is 268 g/mol. The molecule has 1 aliphatic rings. The minimum atomic E-state index is -0.225. The Bertz CT molecular complexity index is 411. The van der Waals surface area contributed by atoms with Crippen LogP contribution in [0, 0.1) is 5.92 Å². The van der Waals surface area contributed by atoms with Gasteiger partial charge < -0.3 is 19.7 Å². The summed E-state index contributed by atoms with van der Waals surface area (Å²) in [6.07, 6.45) is 3.38. The Balaban J connectivity index is 1.77. The van der Waals surface area contributed by atoms with E-state index in [-0.39, 0.29) is 17.7 Å². The van der Waals surface area contributed by atoms with Crippen LogP contribution in [-0.2, 0) is 11.3 Å². The van der Waals surface area contributed by atoms with E-state index in [1.807, 2.05) is 0 Å². The molecule has 1 aromatic rings. The summed E-state index contributed by atoms with van der Waals surface area (Å²) in [6.45, 7) is 0.929. The molecule has 0 atom stereocenters. The third-order valence-electron chi connectivity index (χ3n) is 3.45. The van der Waals surface area contributed by atoms with Gasteiger partial charge in [-0.25, -0.2) is 0 Å². The fourth-order valence-electron chi connectivity index (χ4n) is 2.31. The number of hydrogen-bond acceptors (Lipinski definition) is 5. The molecule has 6 heteroatoms. The topological polar surface area (TPSA) is 84.6 Å². The lowest BCUT2D eigenvalue weighted by atomic mass is 9.87. The van der Waals surface area contributed by atoms with E-state index in [0.717, 1.165) is 25.7 Å². The zero-order chi connectivity index (χ0) is 13.7. The summed E-state index contributed by atoms with van der Waals surface area (Å²) in [5, 5.41) is 16.0. The highest BCUT2D eigenvalue weighted by atomic mass is 16.5. The van der Waals surface area contributed by atoms with Crippen LogP contribution >= 0.6 is 0 Å². The van der Waals surface area contributed by atoms with E-state index in [2.05, 4.69) is 10.5 Å². The molecule has 1 saturated carbocycles. The molecule has 0 bridgehead atoms. The number of rotatable bonds is 5. The van der Waals surface area contributed by atoms with Gasteiger partial charge in [0.1, 0.15) is 6.61 Å². The molecular weight excluding hydrogens is 248 g/mol. The van der Waals surface area contributed by atoms with Crippen LogP contribution in [0.4, 0.5) is 0 Å². The number of aliphatic hydroxyl groups is 1. The van der Waals surface area contributed by atoms with Crippen molar-refractivity contribution in [2.24, 2.45) is 5.92 Å². The largest absolute Gasteiger partial charge is 0.393 e. The molecule has 2 N–H and O–H groups in total. The first-order valence-electron chi connectivity index (χ1n) is 6.60. The van der Waals surface area contributed by atoms with Crippen molar-refractivity contribution in [1.29, 1.82) is 0 Å². The molecule has 0 saturated heterocycles. The van der Waals surface area contributed by atoms with Crippen LogP contribution in [0.1, 0.15) is 41.9 Å². The molecule has 106 valence electrons. The van der Waals surface area contributed by atoms with Crippen LogP contribution < -0.4 is 5.32 Å². The number of carbonyl (C=O) groups excluding carboxylic acids is 1. The first kappa shape index (κ1) is 14.0. The van der Waals surface area contributed by atoms with Crippen molar-refractivity contribution < 1.29 is 19.2 Å². The van der Waals surface area contributed by atoms with Crippen LogP contribution in [0.25, 0.3) is 0 Å². The number of aliphatic hydroxyl groups excluding tert-OH is 1. The average molecular weight is 268 g/mol. The van der Waals surface area contributed by atoms with Crippen molar-refractivity contribution in [3.05, 3.63) is 17.5 Å². The van der Waals surface area contributed by atoms with Crippen molar-refractivity contribution in [2.45, 2.75) is 38.4 Å². The maximum Gasteiger partial charge on any atom is 0.273 e. The number of ether oxygens (including phenoxy) is 1. The van der Waals surface area contributed by atoms with Crippen LogP contribution in [-0.4, -0.2) is 35.9 Å². The standard InChI is InChI=1S/C13H20N2O4/c1-18-8-11-6-12(15-19-11)13(17)14-7-9-2-4-10(16)5-3-9/h6,9-10,16H,2-5,7-8H2,1H3,(H,14,17). The molecule has 6 nitrogen and oxygen atoms in total. The highest BCUT2D eigenvalue weighted by Gasteiger charge is 2.20. The maximum atomic E-state index is 11.8. The van der Waals surface area contributed by atoms with Gasteiger partial charge in [0.25, 0.3) is 5.91 Å². The fourth-order valence-corrected chi connectivity index (χ4v) is 2.31. The van der Waals surface area contributed by atoms with Gasteiger partial charge in [-0.1, -0.05) is 5.16 Å². The van der Waals surface area contributed by atoms with Gasteiger partial charge in [0.15, 0.2) is 11.5 Å².